The number of carbonyl (C=O) groups excluding carboxylic acids is 2. The van der Waals surface area contributed by atoms with Crippen LogP contribution in [-0.4, -0.2) is 58.0 Å². The largest absolute Gasteiger partial charge is 0.481 e. The minimum Gasteiger partial charge on any atom is -0.481 e. The fraction of sp³-hybridized carbons (Fsp3) is 0.292. The van der Waals surface area contributed by atoms with Crippen LogP contribution in [-0.2, 0) is 9.53 Å². The number of hydrogen-bond acceptors (Lipinski definition) is 7. The molecule has 0 spiro atoms. The predicted octanol–water partition coefficient (Wildman–Crippen LogP) is 3.22. The third-order valence-electron chi connectivity index (χ3n) is 6.55. The summed E-state index contributed by atoms with van der Waals surface area (Å²) < 4.78 is 10.1. The molecular weight excluding hydrogens is 440 g/mol. The van der Waals surface area contributed by atoms with Crippen molar-refractivity contribution in [1.82, 2.24) is 15.2 Å². The Bertz CT molecular complexity index is 1220. The lowest BCUT2D eigenvalue weighted by atomic mass is 9.87. The van der Waals surface area contributed by atoms with Crippen molar-refractivity contribution in [2.75, 3.05) is 25.0 Å². The van der Waals surface area contributed by atoms with Gasteiger partial charge in [-0.15, -0.1) is 0 Å². The summed E-state index contributed by atoms with van der Waals surface area (Å²) in [7, 11) is 0. The van der Waals surface area contributed by atoms with Crippen molar-refractivity contribution in [3.05, 3.63) is 65.4 Å². The summed E-state index contributed by atoms with van der Waals surface area (Å²) in [4.78, 5) is 37.7. The number of carbonyl (C=O) groups is 3. The molecular formula is C24H22N4O6. The Labute approximate surface area is 194 Å². The van der Waals surface area contributed by atoms with E-state index < -0.39 is 23.9 Å². The second-order valence-corrected chi connectivity index (χ2v) is 8.51. The number of anilines is 1. The number of ether oxygens (including phenoxy) is 1. The number of nitrogens with zero attached hydrogens (tertiary/aromatic N) is 3. The summed E-state index contributed by atoms with van der Waals surface area (Å²) in [6, 6.07) is 16.0. The van der Waals surface area contributed by atoms with Gasteiger partial charge in [-0.05, 0) is 32.6 Å². The first-order valence-electron chi connectivity index (χ1n) is 10.9. The molecule has 5 rings (SSSR count). The summed E-state index contributed by atoms with van der Waals surface area (Å²) >= 11 is 0. The molecule has 3 aromatic rings. The van der Waals surface area contributed by atoms with Gasteiger partial charge in [0.1, 0.15) is 6.61 Å². The summed E-state index contributed by atoms with van der Waals surface area (Å²) in [5.41, 5.74) is 4.24. The van der Waals surface area contributed by atoms with E-state index in [-0.39, 0.29) is 43.0 Å². The van der Waals surface area contributed by atoms with Crippen molar-refractivity contribution < 1.29 is 28.9 Å². The Hall–Kier alpha value is -4.21. The molecule has 0 radical (unpaired) electrons. The van der Waals surface area contributed by atoms with Gasteiger partial charge in [0.2, 0.25) is 11.5 Å². The average Bonchev–Trinajstić information content (AvgIpc) is 3.39. The van der Waals surface area contributed by atoms with Crippen LogP contribution in [0.4, 0.5) is 10.6 Å². The van der Waals surface area contributed by atoms with Crippen molar-refractivity contribution in [2.24, 2.45) is 11.8 Å². The highest BCUT2D eigenvalue weighted by Crippen LogP contribution is 2.44. The van der Waals surface area contributed by atoms with Crippen molar-refractivity contribution in [3.8, 4) is 11.1 Å². The molecule has 2 aliphatic rings. The highest BCUT2D eigenvalue weighted by molar-refractivity contribution is 6.00. The number of amides is 2. The Morgan fingerprint density at radius 1 is 1.09 bits per heavy atom. The number of fused-ring (bicyclic) bond motifs is 3. The summed E-state index contributed by atoms with van der Waals surface area (Å²) in [5, 5.41) is 18.8. The van der Waals surface area contributed by atoms with Crippen LogP contribution in [0.3, 0.4) is 0 Å². The zero-order valence-electron chi connectivity index (χ0n) is 18.3. The van der Waals surface area contributed by atoms with E-state index >= 15 is 0 Å². The smallest absolute Gasteiger partial charge is 0.412 e. The molecule has 1 unspecified atom stereocenters. The van der Waals surface area contributed by atoms with Crippen LogP contribution < -0.4 is 5.32 Å². The lowest BCUT2D eigenvalue weighted by molar-refractivity contribution is -0.144. The van der Waals surface area contributed by atoms with Gasteiger partial charge in [-0.1, -0.05) is 55.5 Å². The zero-order chi connectivity index (χ0) is 23.8. The third kappa shape index (κ3) is 3.76. The zero-order valence-corrected chi connectivity index (χ0v) is 18.3. The number of carboxylic acid groups (broad SMARTS) is 1. The molecule has 2 aromatic carbocycles. The predicted molar refractivity (Wildman–Crippen MR) is 119 cm³/mol. The molecule has 1 fully saturated rings. The first-order chi connectivity index (χ1) is 16.4. The van der Waals surface area contributed by atoms with E-state index in [1.165, 1.54) is 4.90 Å². The maximum absolute atomic E-state index is 12.7. The minimum atomic E-state index is -0.905. The van der Waals surface area contributed by atoms with Crippen LogP contribution in [0.2, 0.25) is 0 Å². The number of aliphatic carboxylic acids is 1. The molecule has 1 aromatic heterocycles. The lowest BCUT2D eigenvalue weighted by Gasteiger charge is -2.40. The van der Waals surface area contributed by atoms with Gasteiger partial charge in [0.05, 0.1) is 5.92 Å². The second kappa shape index (κ2) is 8.62. The van der Waals surface area contributed by atoms with E-state index in [0.29, 0.717) is 0 Å². The van der Waals surface area contributed by atoms with E-state index in [0.717, 1.165) is 22.3 Å². The van der Waals surface area contributed by atoms with Gasteiger partial charge in [-0.25, -0.2) is 9.42 Å². The first kappa shape index (κ1) is 21.6. The van der Waals surface area contributed by atoms with E-state index in [1.807, 2.05) is 48.5 Å². The molecule has 1 aliphatic carbocycles. The maximum Gasteiger partial charge on any atom is 0.412 e. The molecule has 10 heteroatoms. The van der Waals surface area contributed by atoms with Crippen LogP contribution in [0, 0.1) is 11.8 Å². The number of likely N-dealkylation sites (tertiary alicyclic amines) is 1. The molecule has 34 heavy (non-hydrogen) atoms. The molecule has 0 bridgehead atoms. The lowest BCUT2D eigenvalue weighted by Crippen LogP contribution is -2.53. The van der Waals surface area contributed by atoms with Crippen molar-refractivity contribution >= 4 is 23.8 Å². The van der Waals surface area contributed by atoms with Crippen LogP contribution in [0.15, 0.2) is 53.2 Å². The number of nitrogens with one attached hydrogen (secondary N) is 1. The third-order valence-corrected chi connectivity index (χ3v) is 6.55. The molecule has 174 valence electrons. The number of hydrogen-bond donors (Lipinski definition) is 2. The van der Waals surface area contributed by atoms with Crippen LogP contribution in [0.1, 0.15) is 34.5 Å². The first-order valence-corrected chi connectivity index (χ1v) is 10.9. The van der Waals surface area contributed by atoms with E-state index in [4.69, 9.17) is 9.84 Å². The Kier molecular flexibility index (Phi) is 5.48. The van der Waals surface area contributed by atoms with Gasteiger partial charge < -0.3 is 14.7 Å². The maximum atomic E-state index is 12.7. The second-order valence-electron chi connectivity index (χ2n) is 8.51. The fourth-order valence-corrected chi connectivity index (χ4v) is 4.49. The monoisotopic (exact) mass is 462 g/mol. The van der Waals surface area contributed by atoms with E-state index in [2.05, 4.69) is 20.3 Å². The molecule has 2 N–H and O–H groups in total. The highest BCUT2D eigenvalue weighted by Gasteiger charge is 2.39. The van der Waals surface area contributed by atoms with Crippen LogP contribution >= 0.6 is 0 Å². The molecule has 10 nitrogen and oxygen atoms in total. The molecule has 2 amide bonds. The van der Waals surface area contributed by atoms with Gasteiger partial charge in [0.25, 0.3) is 5.91 Å². The summed E-state index contributed by atoms with van der Waals surface area (Å²) in [6.45, 7) is 2.28. The molecule has 0 saturated carbocycles. The van der Waals surface area contributed by atoms with Crippen molar-refractivity contribution in [1.29, 1.82) is 0 Å². The minimum absolute atomic E-state index is 0.106. The molecule has 2 heterocycles. The van der Waals surface area contributed by atoms with E-state index in [9.17, 15) is 14.4 Å². The van der Waals surface area contributed by atoms with Crippen LogP contribution in [0.5, 0.6) is 0 Å². The van der Waals surface area contributed by atoms with Gasteiger partial charge in [0, 0.05) is 24.9 Å². The van der Waals surface area contributed by atoms with E-state index in [1.54, 1.807) is 6.92 Å². The summed E-state index contributed by atoms with van der Waals surface area (Å²) in [6.07, 6.45) is -0.785. The van der Waals surface area contributed by atoms with Gasteiger partial charge in [-0.3, -0.25) is 14.9 Å². The van der Waals surface area contributed by atoms with Gasteiger partial charge in [-0.2, -0.15) is 0 Å². The standard InChI is InChI=1S/C24H22N4O6/c1-13(23(30)31)14-10-28(11-14)22(29)20-21(27-34-26-20)25-24(32)33-12-19-17-8-4-2-6-15(17)16-7-3-5-9-18(16)19/h2-9,13-14,19H,10-12H2,1H3,(H,30,31)(H,25,27,32). The fourth-order valence-electron chi connectivity index (χ4n) is 4.49. The Morgan fingerprint density at radius 2 is 1.71 bits per heavy atom. The Balaban J connectivity index is 1.21. The SMILES string of the molecule is CC(C(=O)O)C1CN(C(=O)c2nonc2NC(=O)OCC2c3ccccc3-c3ccccc32)C1. The number of carboxylic acids is 1. The summed E-state index contributed by atoms with van der Waals surface area (Å²) in [5.74, 6) is -2.35. The number of benzene rings is 2. The van der Waals surface area contributed by atoms with Crippen LogP contribution in [0.25, 0.3) is 11.1 Å². The molecule has 1 atom stereocenters. The quantitative estimate of drug-likeness (QED) is 0.570. The van der Waals surface area contributed by atoms with Crippen molar-refractivity contribution in [3.63, 3.8) is 0 Å². The normalized spacial score (nSPS) is 15.7. The topological polar surface area (TPSA) is 135 Å². The van der Waals surface area contributed by atoms with Gasteiger partial charge >= 0.3 is 12.1 Å². The number of rotatable bonds is 6. The average molecular weight is 462 g/mol. The number of aromatic nitrogens is 2. The Morgan fingerprint density at radius 3 is 2.32 bits per heavy atom. The molecule has 1 aliphatic heterocycles. The van der Waals surface area contributed by atoms with Crippen molar-refractivity contribution in [2.45, 2.75) is 12.8 Å². The van der Waals surface area contributed by atoms with Gasteiger partial charge in [0.15, 0.2) is 0 Å². The highest BCUT2D eigenvalue weighted by atomic mass is 16.6. The molecule has 1 saturated heterocycles.